The number of rotatable bonds is 4. The van der Waals surface area contributed by atoms with E-state index in [0.717, 1.165) is 0 Å². The lowest BCUT2D eigenvalue weighted by Crippen LogP contribution is -2.52. The third-order valence-electron chi connectivity index (χ3n) is 7.50. The van der Waals surface area contributed by atoms with E-state index in [2.05, 4.69) is 15.3 Å². The van der Waals surface area contributed by atoms with Crippen molar-refractivity contribution in [3.63, 3.8) is 0 Å². The molecule has 2 unspecified atom stereocenters. The number of nitrogens with zero attached hydrogens (tertiary/aromatic N) is 2. The highest BCUT2D eigenvalue weighted by molar-refractivity contribution is 6.15. The zero-order chi connectivity index (χ0) is 26.6. The number of imide groups is 1. The van der Waals surface area contributed by atoms with Gasteiger partial charge in [0.2, 0.25) is 11.8 Å². The minimum atomic E-state index is -0.748. The Labute approximate surface area is 216 Å². The highest BCUT2D eigenvalue weighted by Gasteiger charge is 2.40. The number of nitrogens with one attached hydrogen (secondary N) is 2. The number of H-pyrrole nitrogens is 1. The van der Waals surface area contributed by atoms with E-state index in [1.165, 1.54) is 17.2 Å². The number of carbonyl (C=O) groups excluding carboxylic acids is 4. The molecule has 2 aromatic carbocycles. The van der Waals surface area contributed by atoms with Crippen LogP contribution in [0.1, 0.15) is 53.1 Å². The SMILES string of the molecule is O=C1CCC(N2Cc3c(N=CC4=C(O)CC(c5c[nH]c6cccc(F)c56)CC4=O)cccc3C2=O)C(=O)N1. The summed E-state index contributed by atoms with van der Waals surface area (Å²) in [5, 5.41) is 13.4. The van der Waals surface area contributed by atoms with E-state index in [-0.39, 0.29) is 72.9 Å². The molecule has 3 N–H and O–H groups in total. The first-order chi connectivity index (χ1) is 18.3. The normalized spacial score (nSPS) is 22.1. The van der Waals surface area contributed by atoms with Gasteiger partial charge >= 0.3 is 0 Å². The number of hydrogen-bond donors (Lipinski definition) is 3. The zero-order valence-electron chi connectivity index (χ0n) is 20.2. The van der Waals surface area contributed by atoms with Gasteiger partial charge in [-0.15, -0.1) is 0 Å². The number of halogens is 1. The van der Waals surface area contributed by atoms with Crippen molar-refractivity contribution in [2.75, 3.05) is 0 Å². The number of amides is 3. The Kier molecular flexibility index (Phi) is 5.67. The standard InChI is InChI=1S/C28H23FN4O5/c29-19-4-2-6-21-26(19)16(11-31-21)14-9-23(34)17(24(35)10-14)12-30-20-5-1-3-15-18(20)13-33(28(15)38)22-7-8-25(36)32-27(22)37/h1-6,11-12,14,22,31,34H,7-10,13H2,(H,32,36,37). The number of aliphatic imine (C=N–C) groups is 1. The van der Waals surface area contributed by atoms with Crippen molar-refractivity contribution in [1.29, 1.82) is 0 Å². The van der Waals surface area contributed by atoms with Crippen LogP contribution in [-0.4, -0.2) is 50.8 Å². The van der Waals surface area contributed by atoms with E-state index in [1.807, 2.05) is 0 Å². The molecule has 0 spiro atoms. The zero-order valence-corrected chi connectivity index (χ0v) is 20.2. The molecule has 6 rings (SSSR count). The first kappa shape index (κ1) is 23.8. The molecule has 9 nitrogen and oxygen atoms in total. The number of Topliss-reactive ketones (excluding diaryl/α,β-unsaturated/α-hetero) is 1. The van der Waals surface area contributed by atoms with E-state index in [4.69, 9.17) is 0 Å². The Hall–Kier alpha value is -4.60. The summed E-state index contributed by atoms with van der Waals surface area (Å²) in [5.74, 6) is -2.40. The van der Waals surface area contributed by atoms with Gasteiger partial charge in [-0.25, -0.2) is 4.39 Å². The summed E-state index contributed by atoms with van der Waals surface area (Å²) >= 11 is 0. The van der Waals surface area contributed by atoms with Crippen molar-refractivity contribution in [1.82, 2.24) is 15.2 Å². The number of ketones is 1. The molecule has 0 radical (unpaired) electrons. The molecule has 0 bridgehead atoms. The average Bonchev–Trinajstić information content (AvgIpc) is 3.46. The molecule has 1 fully saturated rings. The number of piperidine rings is 1. The van der Waals surface area contributed by atoms with Crippen LogP contribution in [0.25, 0.3) is 10.9 Å². The lowest BCUT2D eigenvalue weighted by Gasteiger charge is -2.29. The van der Waals surface area contributed by atoms with Crippen LogP contribution in [0.2, 0.25) is 0 Å². The number of fused-ring (bicyclic) bond motifs is 2. The molecule has 10 heteroatoms. The molecular weight excluding hydrogens is 491 g/mol. The lowest BCUT2D eigenvalue weighted by molar-refractivity contribution is -0.137. The fraction of sp³-hybridized carbons (Fsp3) is 0.250. The molecule has 1 aliphatic carbocycles. The number of benzene rings is 2. The number of carbonyl (C=O) groups is 4. The van der Waals surface area contributed by atoms with Crippen LogP contribution in [0.15, 0.2) is 58.9 Å². The quantitative estimate of drug-likeness (QED) is 0.361. The fourth-order valence-corrected chi connectivity index (χ4v) is 5.59. The Morgan fingerprint density at radius 3 is 2.68 bits per heavy atom. The molecule has 2 aliphatic heterocycles. The number of aliphatic hydroxyl groups is 1. The Morgan fingerprint density at radius 2 is 1.89 bits per heavy atom. The first-order valence-corrected chi connectivity index (χ1v) is 12.3. The third-order valence-corrected chi connectivity index (χ3v) is 7.50. The van der Waals surface area contributed by atoms with Gasteiger partial charge in [0, 0.05) is 66.2 Å². The van der Waals surface area contributed by atoms with Crippen LogP contribution in [0.5, 0.6) is 0 Å². The van der Waals surface area contributed by atoms with Crippen molar-refractivity contribution < 1.29 is 28.7 Å². The van der Waals surface area contributed by atoms with Gasteiger partial charge < -0.3 is 15.0 Å². The third kappa shape index (κ3) is 3.89. The van der Waals surface area contributed by atoms with E-state index in [0.29, 0.717) is 33.3 Å². The van der Waals surface area contributed by atoms with Crippen LogP contribution < -0.4 is 5.32 Å². The lowest BCUT2D eigenvalue weighted by atomic mass is 9.82. The second kappa shape index (κ2) is 9.05. The molecule has 3 aliphatic rings. The van der Waals surface area contributed by atoms with Crippen molar-refractivity contribution in [3.8, 4) is 0 Å². The van der Waals surface area contributed by atoms with Gasteiger partial charge in [-0.2, -0.15) is 0 Å². The Bertz CT molecular complexity index is 1600. The predicted molar refractivity (Wildman–Crippen MR) is 136 cm³/mol. The van der Waals surface area contributed by atoms with Crippen LogP contribution in [0, 0.1) is 5.82 Å². The van der Waals surface area contributed by atoms with Crippen LogP contribution in [-0.2, 0) is 20.9 Å². The highest BCUT2D eigenvalue weighted by atomic mass is 19.1. The summed E-state index contributed by atoms with van der Waals surface area (Å²) in [6.07, 6.45) is 3.63. The Morgan fingerprint density at radius 1 is 1.08 bits per heavy atom. The molecule has 0 saturated carbocycles. The molecule has 3 amide bonds. The van der Waals surface area contributed by atoms with Crippen molar-refractivity contribution in [2.45, 2.75) is 44.2 Å². The van der Waals surface area contributed by atoms with Crippen LogP contribution in [0.3, 0.4) is 0 Å². The van der Waals surface area contributed by atoms with E-state index >= 15 is 0 Å². The number of allylic oxidation sites excluding steroid dienone is 2. The minimum Gasteiger partial charge on any atom is -0.511 e. The van der Waals surface area contributed by atoms with Crippen LogP contribution >= 0.6 is 0 Å². The van der Waals surface area contributed by atoms with Crippen molar-refractivity contribution in [2.24, 2.45) is 4.99 Å². The number of hydrogen-bond acceptors (Lipinski definition) is 6. The second-order valence-electron chi connectivity index (χ2n) is 9.76. The summed E-state index contributed by atoms with van der Waals surface area (Å²) in [4.78, 5) is 58.8. The molecule has 3 aromatic rings. The molecular formula is C28H23FN4O5. The molecule has 192 valence electrons. The van der Waals surface area contributed by atoms with E-state index < -0.39 is 11.9 Å². The largest absolute Gasteiger partial charge is 0.511 e. The second-order valence-corrected chi connectivity index (χ2v) is 9.76. The van der Waals surface area contributed by atoms with Gasteiger partial charge in [0.1, 0.15) is 17.6 Å². The maximum Gasteiger partial charge on any atom is 0.255 e. The maximum atomic E-state index is 14.5. The fourth-order valence-electron chi connectivity index (χ4n) is 5.59. The smallest absolute Gasteiger partial charge is 0.255 e. The van der Waals surface area contributed by atoms with Gasteiger partial charge in [-0.3, -0.25) is 29.5 Å². The molecule has 1 saturated heterocycles. The minimum absolute atomic E-state index is 0.0746. The number of aromatic amines is 1. The van der Waals surface area contributed by atoms with Gasteiger partial charge in [-0.05, 0) is 36.2 Å². The topological polar surface area (TPSA) is 132 Å². The number of aliphatic hydroxyl groups excluding tert-OH is 1. The highest BCUT2D eigenvalue weighted by Crippen LogP contribution is 2.38. The summed E-state index contributed by atoms with van der Waals surface area (Å²) in [5.41, 5.74) is 2.79. The van der Waals surface area contributed by atoms with Gasteiger partial charge in [0.05, 0.1) is 11.3 Å². The number of aromatic nitrogens is 1. The predicted octanol–water partition coefficient (Wildman–Crippen LogP) is 3.73. The van der Waals surface area contributed by atoms with Gasteiger partial charge in [0.25, 0.3) is 5.91 Å². The van der Waals surface area contributed by atoms with Crippen LogP contribution in [0.4, 0.5) is 10.1 Å². The Balaban J connectivity index is 1.25. The summed E-state index contributed by atoms with van der Waals surface area (Å²) < 4.78 is 14.5. The first-order valence-electron chi connectivity index (χ1n) is 12.3. The summed E-state index contributed by atoms with van der Waals surface area (Å²) in [6.45, 7) is 0.140. The van der Waals surface area contributed by atoms with E-state index in [1.54, 1.807) is 36.5 Å². The van der Waals surface area contributed by atoms with Gasteiger partial charge in [0.15, 0.2) is 5.78 Å². The summed E-state index contributed by atoms with van der Waals surface area (Å²) in [7, 11) is 0. The molecule has 3 heterocycles. The van der Waals surface area contributed by atoms with Gasteiger partial charge in [-0.1, -0.05) is 12.1 Å². The van der Waals surface area contributed by atoms with Crippen molar-refractivity contribution >= 4 is 46.3 Å². The van der Waals surface area contributed by atoms with E-state index in [9.17, 15) is 28.7 Å². The molecule has 2 atom stereocenters. The molecule has 1 aromatic heterocycles. The monoisotopic (exact) mass is 514 g/mol. The maximum absolute atomic E-state index is 14.5. The molecule has 38 heavy (non-hydrogen) atoms. The average molecular weight is 515 g/mol. The van der Waals surface area contributed by atoms with Crippen molar-refractivity contribution in [3.05, 3.63) is 76.4 Å². The summed E-state index contributed by atoms with van der Waals surface area (Å²) in [6, 6.07) is 8.98.